The smallest absolute Gasteiger partial charge is 0.407 e. The van der Waals surface area contributed by atoms with E-state index in [1.807, 2.05) is 72.9 Å². The second-order valence-corrected chi connectivity index (χ2v) is 5.98. The molecule has 26 heavy (non-hydrogen) atoms. The van der Waals surface area contributed by atoms with Crippen molar-refractivity contribution in [1.82, 2.24) is 15.1 Å². The van der Waals surface area contributed by atoms with Crippen LogP contribution in [0.1, 0.15) is 11.1 Å². The summed E-state index contributed by atoms with van der Waals surface area (Å²) in [5.41, 5.74) is 2.76. The quantitative estimate of drug-likeness (QED) is 0.699. The number of nitrogens with zero attached hydrogens (tertiary/aromatic N) is 2. The van der Waals surface area contributed by atoms with E-state index in [1.54, 1.807) is 10.9 Å². The Balaban J connectivity index is 1.45. The molecule has 0 aliphatic rings. The predicted molar refractivity (Wildman–Crippen MR) is 102 cm³/mol. The highest BCUT2D eigenvalue weighted by molar-refractivity contribution is 6.30. The van der Waals surface area contributed by atoms with Gasteiger partial charge in [0.15, 0.2) is 0 Å². The molecular weight excluding hydrogens is 350 g/mol. The number of nitrogens with one attached hydrogen (secondary N) is 1. The van der Waals surface area contributed by atoms with Crippen molar-refractivity contribution in [3.63, 3.8) is 0 Å². The Labute approximate surface area is 156 Å². The van der Waals surface area contributed by atoms with E-state index in [0.29, 0.717) is 11.6 Å². The maximum absolute atomic E-state index is 11.7. The zero-order valence-electron chi connectivity index (χ0n) is 14.0. The fourth-order valence-corrected chi connectivity index (χ4v) is 2.48. The lowest BCUT2D eigenvalue weighted by Gasteiger charge is -2.05. The van der Waals surface area contributed by atoms with Crippen LogP contribution < -0.4 is 5.32 Å². The second kappa shape index (κ2) is 8.87. The van der Waals surface area contributed by atoms with Gasteiger partial charge in [0.25, 0.3) is 0 Å². The first-order chi connectivity index (χ1) is 12.7. The molecule has 0 aliphatic heterocycles. The van der Waals surface area contributed by atoms with Crippen LogP contribution in [0.5, 0.6) is 0 Å². The Kier molecular flexibility index (Phi) is 6.06. The highest BCUT2D eigenvalue weighted by Crippen LogP contribution is 2.15. The molecule has 0 aliphatic carbocycles. The van der Waals surface area contributed by atoms with Crippen LogP contribution in [0, 0.1) is 0 Å². The van der Waals surface area contributed by atoms with Crippen LogP contribution >= 0.6 is 11.6 Å². The summed E-state index contributed by atoms with van der Waals surface area (Å²) in [4.78, 5) is 11.7. The van der Waals surface area contributed by atoms with Crippen molar-refractivity contribution in [3.05, 3.63) is 89.2 Å². The third kappa shape index (κ3) is 5.22. The number of ether oxygens (including phenoxy) is 1. The zero-order chi connectivity index (χ0) is 18.2. The number of amides is 1. The van der Waals surface area contributed by atoms with Gasteiger partial charge >= 0.3 is 6.09 Å². The van der Waals surface area contributed by atoms with E-state index < -0.39 is 6.09 Å². The Morgan fingerprint density at radius 2 is 2.04 bits per heavy atom. The van der Waals surface area contributed by atoms with E-state index in [4.69, 9.17) is 16.3 Å². The molecule has 1 aromatic heterocycles. The van der Waals surface area contributed by atoms with Gasteiger partial charge in [-0.15, -0.1) is 0 Å². The molecule has 3 rings (SSSR count). The van der Waals surface area contributed by atoms with Crippen LogP contribution in [0.4, 0.5) is 4.79 Å². The highest BCUT2D eigenvalue weighted by Gasteiger charge is 2.01. The summed E-state index contributed by atoms with van der Waals surface area (Å²) < 4.78 is 6.88. The first-order valence-corrected chi connectivity index (χ1v) is 8.50. The lowest BCUT2D eigenvalue weighted by atomic mass is 10.2. The van der Waals surface area contributed by atoms with Gasteiger partial charge in [-0.3, -0.25) is 0 Å². The summed E-state index contributed by atoms with van der Waals surface area (Å²) in [5, 5.41) is 7.64. The van der Waals surface area contributed by atoms with Gasteiger partial charge in [0.05, 0.1) is 11.9 Å². The van der Waals surface area contributed by atoms with Crippen molar-refractivity contribution >= 4 is 23.8 Å². The van der Waals surface area contributed by atoms with Crippen molar-refractivity contribution in [1.29, 1.82) is 0 Å². The third-order valence-electron chi connectivity index (χ3n) is 3.56. The molecule has 0 spiro atoms. The number of halogens is 1. The average molecular weight is 368 g/mol. The molecule has 0 radical (unpaired) electrons. The van der Waals surface area contributed by atoms with Crippen molar-refractivity contribution in [3.8, 4) is 5.69 Å². The first kappa shape index (κ1) is 17.8. The summed E-state index contributed by atoms with van der Waals surface area (Å²) in [7, 11) is 0. The van der Waals surface area contributed by atoms with Crippen LogP contribution in [-0.4, -0.2) is 22.4 Å². The zero-order valence-corrected chi connectivity index (χ0v) is 14.8. The van der Waals surface area contributed by atoms with Gasteiger partial charge in [-0.25, -0.2) is 9.48 Å². The van der Waals surface area contributed by atoms with Gasteiger partial charge in [-0.2, -0.15) is 5.10 Å². The molecular formula is C20H18ClN3O2. The standard InChI is InChI=1S/C20H18ClN3O2/c21-18-9-4-10-19(12-18)24-14-17(13-23-24)8-5-11-22-20(25)26-15-16-6-2-1-3-7-16/h1-10,12-14H,11,15H2,(H,22,25). The number of hydrogen-bond acceptors (Lipinski definition) is 3. The minimum atomic E-state index is -0.451. The highest BCUT2D eigenvalue weighted by atomic mass is 35.5. The monoisotopic (exact) mass is 367 g/mol. The van der Waals surface area contributed by atoms with Gasteiger partial charge in [0.1, 0.15) is 6.61 Å². The van der Waals surface area contributed by atoms with Gasteiger partial charge in [-0.05, 0) is 23.8 Å². The molecule has 1 heterocycles. The van der Waals surface area contributed by atoms with Crippen LogP contribution in [0.15, 0.2) is 73.1 Å². The van der Waals surface area contributed by atoms with Crippen LogP contribution in [0.2, 0.25) is 5.02 Å². The van der Waals surface area contributed by atoms with E-state index >= 15 is 0 Å². The topological polar surface area (TPSA) is 56.2 Å². The summed E-state index contributed by atoms with van der Waals surface area (Å²) in [6.07, 6.45) is 6.89. The molecule has 3 aromatic rings. The number of carbonyl (C=O) groups excluding carboxylic acids is 1. The Bertz CT molecular complexity index is 891. The summed E-state index contributed by atoms with van der Waals surface area (Å²) >= 11 is 5.99. The number of alkyl carbamates (subject to hydrolysis) is 1. The van der Waals surface area contributed by atoms with Crippen molar-refractivity contribution < 1.29 is 9.53 Å². The molecule has 6 heteroatoms. The summed E-state index contributed by atoms with van der Waals surface area (Å²) in [5.74, 6) is 0. The Hall–Kier alpha value is -3.05. The number of carbonyl (C=O) groups is 1. The van der Waals surface area contributed by atoms with E-state index in [-0.39, 0.29) is 6.61 Å². The van der Waals surface area contributed by atoms with Crippen LogP contribution in [0.3, 0.4) is 0 Å². The predicted octanol–water partition coefficient (Wildman–Crippen LogP) is 4.47. The van der Waals surface area contributed by atoms with Crippen molar-refractivity contribution in [2.45, 2.75) is 6.61 Å². The van der Waals surface area contributed by atoms with Crippen molar-refractivity contribution in [2.24, 2.45) is 0 Å². The fraction of sp³-hybridized carbons (Fsp3) is 0.100. The van der Waals surface area contributed by atoms with E-state index in [9.17, 15) is 4.79 Å². The van der Waals surface area contributed by atoms with E-state index in [2.05, 4.69) is 10.4 Å². The molecule has 0 saturated carbocycles. The Morgan fingerprint density at radius 3 is 2.85 bits per heavy atom. The molecule has 0 unspecified atom stereocenters. The molecule has 1 N–H and O–H groups in total. The molecule has 2 aromatic carbocycles. The van der Waals surface area contributed by atoms with E-state index in [1.165, 1.54) is 0 Å². The fourth-order valence-electron chi connectivity index (χ4n) is 2.29. The second-order valence-electron chi connectivity index (χ2n) is 5.54. The molecule has 0 atom stereocenters. The maximum Gasteiger partial charge on any atom is 0.407 e. The number of rotatable bonds is 6. The van der Waals surface area contributed by atoms with Gasteiger partial charge in [0, 0.05) is 23.3 Å². The molecule has 0 bridgehead atoms. The largest absolute Gasteiger partial charge is 0.445 e. The summed E-state index contributed by atoms with van der Waals surface area (Å²) in [6, 6.07) is 17.0. The lowest BCUT2D eigenvalue weighted by Crippen LogP contribution is -2.24. The van der Waals surface area contributed by atoms with Crippen molar-refractivity contribution in [2.75, 3.05) is 6.54 Å². The van der Waals surface area contributed by atoms with Crippen LogP contribution in [-0.2, 0) is 11.3 Å². The minimum Gasteiger partial charge on any atom is -0.445 e. The third-order valence-corrected chi connectivity index (χ3v) is 3.80. The summed E-state index contributed by atoms with van der Waals surface area (Å²) in [6.45, 7) is 0.624. The number of benzene rings is 2. The SMILES string of the molecule is O=C(NCC=Cc1cnn(-c2cccc(Cl)c2)c1)OCc1ccccc1. The van der Waals surface area contributed by atoms with Crippen LogP contribution in [0.25, 0.3) is 11.8 Å². The molecule has 132 valence electrons. The minimum absolute atomic E-state index is 0.253. The lowest BCUT2D eigenvalue weighted by molar-refractivity contribution is 0.141. The number of aromatic nitrogens is 2. The normalized spacial score (nSPS) is 10.8. The van der Waals surface area contributed by atoms with Gasteiger partial charge in [0.2, 0.25) is 0 Å². The average Bonchev–Trinajstić information content (AvgIpc) is 3.13. The van der Waals surface area contributed by atoms with Gasteiger partial charge < -0.3 is 10.1 Å². The number of hydrogen-bond donors (Lipinski definition) is 1. The first-order valence-electron chi connectivity index (χ1n) is 8.12. The molecule has 0 saturated heterocycles. The Morgan fingerprint density at radius 1 is 1.19 bits per heavy atom. The van der Waals surface area contributed by atoms with Gasteiger partial charge in [-0.1, -0.05) is 60.2 Å². The molecule has 0 fully saturated rings. The molecule has 5 nitrogen and oxygen atoms in total. The van der Waals surface area contributed by atoms with E-state index in [0.717, 1.165) is 16.8 Å². The molecule has 1 amide bonds. The maximum atomic E-state index is 11.7.